The van der Waals surface area contributed by atoms with E-state index in [1.54, 1.807) is 19.2 Å². The Balaban J connectivity index is 2.15. The minimum absolute atomic E-state index is 0.214. The molecule has 0 radical (unpaired) electrons. The summed E-state index contributed by atoms with van der Waals surface area (Å²) in [5, 5.41) is 0. The van der Waals surface area contributed by atoms with Gasteiger partial charge in [-0.15, -0.1) is 0 Å². The quantitative estimate of drug-likeness (QED) is 0.712. The van der Waals surface area contributed by atoms with Gasteiger partial charge in [-0.1, -0.05) is 0 Å². The van der Waals surface area contributed by atoms with Crippen LogP contribution in [-0.2, 0) is 16.5 Å². The topological polar surface area (TPSA) is 75.5 Å². The van der Waals surface area contributed by atoms with Gasteiger partial charge in [-0.3, -0.25) is 9.36 Å². The molecule has 0 unspecified atom stereocenters. The van der Waals surface area contributed by atoms with E-state index in [2.05, 4.69) is 9.97 Å². The van der Waals surface area contributed by atoms with E-state index in [-0.39, 0.29) is 12.2 Å². The number of pyridine rings is 1. The first-order valence-electron chi connectivity index (χ1n) is 6.84. The van der Waals surface area contributed by atoms with Crippen LogP contribution in [0.4, 0.5) is 0 Å². The molecule has 7 heteroatoms. The number of hydrogen-bond donors (Lipinski definition) is 0. The summed E-state index contributed by atoms with van der Waals surface area (Å²) in [6.07, 6.45) is 0.834. The SMILES string of the molecule is CCOC(COc1ccc2ncc(=O)n(C)c2n1)OCC. The van der Waals surface area contributed by atoms with Crippen LogP contribution in [0.5, 0.6) is 5.88 Å². The fourth-order valence-corrected chi connectivity index (χ4v) is 1.84. The van der Waals surface area contributed by atoms with Crippen LogP contribution in [0.25, 0.3) is 11.2 Å². The lowest BCUT2D eigenvalue weighted by atomic mass is 10.4. The van der Waals surface area contributed by atoms with Gasteiger partial charge >= 0.3 is 0 Å². The van der Waals surface area contributed by atoms with E-state index in [4.69, 9.17) is 14.2 Å². The summed E-state index contributed by atoms with van der Waals surface area (Å²) in [5.41, 5.74) is 0.897. The second-order valence-corrected chi connectivity index (χ2v) is 4.30. The average molecular weight is 293 g/mol. The lowest BCUT2D eigenvalue weighted by molar-refractivity contribution is -0.152. The summed E-state index contributed by atoms with van der Waals surface area (Å²) < 4.78 is 17.8. The molecule has 0 spiro atoms. The van der Waals surface area contributed by atoms with E-state index >= 15 is 0 Å². The zero-order chi connectivity index (χ0) is 15.2. The summed E-state index contributed by atoms with van der Waals surface area (Å²) in [6, 6.07) is 3.46. The van der Waals surface area contributed by atoms with Gasteiger partial charge in [-0.05, 0) is 19.9 Å². The van der Waals surface area contributed by atoms with Crippen molar-refractivity contribution in [3.63, 3.8) is 0 Å². The number of hydrogen-bond acceptors (Lipinski definition) is 6. The van der Waals surface area contributed by atoms with E-state index < -0.39 is 6.29 Å². The van der Waals surface area contributed by atoms with Crippen LogP contribution >= 0.6 is 0 Å². The Bertz CT molecular complexity index is 650. The smallest absolute Gasteiger partial charge is 0.270 e. The molecule has 0 N–H and O–H groups in total. The van der Waals surface area contributed by atoms with Crippen molar-refractivity contribution in [1.82, 2.24) is 14.5 Å². The Morgan fingerprint density at radius 3 is 2.62 bits per heavy atom. The zero-order valence-corrected chi connectivity index (χ0v) is 12.4. The molecule has 0 atom stereocenters. The Morgan fingerprint density at radius 2 is 1.95 bits per heavy atom. The third-order valence-electron chi connectivity index (χ3n) is 2.86. The summed E-state index contributed by atoms with van der Waals surface area (Å²) in [7, 11) is 1.65. The van der Waals surface area contributed by atoms with Gasteiger partial charge in [0, 0.05) is 26.3 Å². The fourth-order valence-electron chi connectivity index (χ4n) is 1.84. The van der Waals surface area contributed by atoms with Crippen LogP contribution < -0.4 is 10.3 Å². The van der Waals surface area contributed by atoms with E-state index in [0.717, 1.165) is 0 Å². The Kier molecular flexibility index (Phi) is 5.24. The lowest BCUT2D eigenvalue weighted by Crippen LogP contribution is -2.25. The predicted molar refractivity (Wildman–Crippen MR) is 77.3 cm³/mol. The van der Waals surface area contributed by atoms with E-state index in [0.29, 0.717) is 30.3 Å². The van der Waals surface area contributed by atoms with Gasteiger partial charge in [0.15, 0.2) is 11.9 Å². The molecule has 114 valence electrons. The normalized spacial score (nSPS) is 11.2. The van der Waals surface area contributed by atoms with Crippen LogP contribution in [0.1, 0.15) is 13.8 Å². The van der Waals surface area contributed by atoms with Crippen molar-refractivity contribution in [2.75, 3.05) is 19.8 Å². The van der Waals surface area contributed by atoms with Gasteiger partial charge in [-0.25, -0.2) is 4.98 Å². The number of aryl methyl sites for hydroxylation is 1. The van der Waals surface area contributed by atoms with Crippen molar-refractivity contribution >= 4 is 11.2 Å². The highest BCUT2D eigenvalue weighted by Crippen LogP contribution is 2.13. The summed E-state index contributed by atoms with van der Waals surface area (Å²) in [5.74, 6) is 0.398. The summed E-state index contributed by atoms with van der Waals surface area (Å²) >= 11 is 0. The van der Waals surface area contributed by atoms with Gasteiger partial charge in [0.25, 0.3) is 5.56 Å². The summed E-state index contributed by atoms with van der Waals surface area (Å²) in [6.45, 7) is 5.09. The Hall–Kier alpha value is -1.99. The molecular formula is C14H19N3O4. The molecule has 0 aromatic carbocycles. The molecule has 0 saturated carbocycles. The first kappa shape index (κ1) is 15.4. The lowest BCUT2D eigenvalue weighted by Gasteiger charge is -2.17. The van der Waals surface area contributed by atoms with Crippen LogP contribution in [0, 0.1) is 0 Å². The number of rotatable bonds is 7. The van der Waals surface area contributed by atoms with Gasteiger partial charge in [0.05, 0.1) is 6.20 Å². The van der Waals surface area contributed by atoms with Crippen LogP contribution in [0.2, 0.25) is 0 Å². The van der Waals surface area contributed by atoms with E-state index in [1.807, 2.05) is 13.8 Å². The molecule has 21 heavy (non-hydrogen) atoms. The highest BCUT2D eigenvalue weighted by Gasteiger charge is 2.10. The second-order valence-electron chi connectivity index (χ2n) is 4.30. The van der Waals surface area contributed by atoms with Gasteiger partial charge in [0.2, 0.25) is 5.88 Å². The van der Waals surface area contributed by atoms with Gasteiger partial charge in [0.1, 0.15) is 12.1 Å². The first-order valence-corrected chi connectivity index (χ1v) is 6.84. The maximum Gasteiger partial charge on any atom is 0.270 e. The highest BCUT2D eigenvalue weighted by atomic mass is 16.7. The molecule has 0 bridgehead atoms. The fraction of sp³-hybridized carbons (Fsp3) is 0.500. The molecule has 2 heterocycles. The second kappa shape index (κ2) is 7.14. The summed E-state index contributed by atoms with van der Waals surface area (Å²) in [4.78, 5) is 19.9. The molecule has 7 nitrogen and oxygen atoms in total. The van der Waals surface area contributed by atoms with Crippen molar-refractivity contribution < 1.29 is 14.2 Å². The van der Waals surface area contributed by atoms with Crippen LogP contribution in [0.3, 0.4) is 0 Å². The predicted octanol–water partition coefficient (Wildman–Crippen LogP) is 1.11. The van der Waals surface area contributed by atoms with Gasteiger partial charge in [-0.2, -0.15) is 4.98 Å². The number of fused-ring (bicyclic) bond motifs is 1. The Labute approximate surface area is 122 Å². The number of ether oxygens (including phenoxy) is 3. The largest absolute Gasteiger partial charge is 0.472 e. The molecule has 0 aliphatic heterocycles. The minimum Gasteiger partial charge on any atom is -0.472 e. The molecule has 0 amide bonds. The maximum atomic E-state index is 11.6. The van der Waals surface area contributed by atoms with Crippen molar-refractivity contribution in [3.05, 3.63) is 28.7 Å². The molecule has 2 aromatic rings. The van der Waals surface area contributed by atoms with Crippen molar-refractivity contribution in [2.45, 2.75) is 20.1 Å². The molecule has 0 fully saturated rings. The third-order valence-corrected chi connectivity index (χ3v) is 2.86. The van der Waals surface area contributed by atoms with E-state index in [9.17, 15) is 4.79 Å². The maximum absolute atomic E-state index is 11.6. The van der Waals surface area contributed by atoms with E-state index in [1.165, 1.54) is 10.8 Å². The first-order chi connectivity index (χ1) is 10.2. The number of aromatic nitrogens is 3. The molecular weight excluding hydrogens is 274 g/mol. The van der Waals surface area contributed by atoms with Crippen molar-refractivity contribution in [1.29, 1.82) is 0 Å². The number of nitrogens with zero attached hydrogens (tertiary/aromatic N) is 3. The molecule has 0 saturated heterocycles. The monoisotopic (exact) mass is 293 g/mol. The van der Waals surface area contributed by atoms with Crippen molar-refractivity contribution in [3.8, 4) is 5.88 Å². The zero-order valence-electron chi connectivity index (χ0n) is 12.4. The standard InChI is InChI=1S/C14H19N3O4/c1-4-19-13(20-5-2)9-21-11-7-6-10-14(16-11)17(3)12(18)8-15-10/h6-8,13H,4-5,9H2,1-3H3. The molecule has 2 rings (SSSR count). The molecule has 2 aromatic heterocycles. The molecule has 0 aliphatic rings. The molecule has 0 aliphatic carbocycles. The Morgan fingerprint density at radius 1 is 1.24 bits per heavy atom. The van der Waals surface area contributed by atoms with Crippen LogP contribution in [0.15, 0.2) is 23.1 Å². The minimum atomic E-state index is -0.435. The van der Waals surface area contributed by atoms with Crippen molar-refractivity contribution in [2.24, 2.45) is 7.05 Å². The highest BCUT2D eigenvalue weighted by molar-refractivity contribution is 5.70. The van der Waals surface area contributed by atoms with Gasteiger partial charge < -0.3 is 14.2 Å². The average Bonchev–Trinajstić information content (AvgIpc) is 2.49. The third kappa shape index (κ3) is 3.77. The van der Waals surface area contributed by atoms with Crippen LogP contribution in [-0.4, -0.2) is 40.6 Å².